The van der Waals surface area contributed by atoms with E-state index in [1.54, 1.807) is 0 Å². The number of hydrogen-bond donors (Lipinski definition) is 2. The number of anilines is 1. The molecule has 0 amide bonds. The number of nitrogen functional groups attached to an aromatic ring is 1. The second-order valence-electron chi connectivity index (χ2n) is 4.18. The van der Waals surface area contributed by atoms with Crippen molar-refractivity contribution in [1.29, 1.82) is 0 Å². The fourth-order valence-electron chi connectivity index (χ4n) is 1.57. The average Bonchev–Trinajstić information content (AvgIpc) is 2.65. The van der Waals surface area contributed by atoms with Crippen molar-refractivity contribution >= 4 is 21.9 Å². The van der Waals surface area contributed by atoms with Crippen LogP contribution in [0.1, 0.15) is 25.2 Å². The van der Waals surface area contributed by atoms with E-state index in [0.717, 1.165) is 15.9 Å². The largest absolute Gasteiger partial charge is 0.367 e. The maximum atomic E-state index is 5.52. The van der Waals surface area contributed by atoms with Crippen LogP contribution in [0.3, 0.4) is 0 Å². The van der Waals surface area contributed by atoms with Gasteiger partial charge in [-0.2, -0.15) is 4.98 Å². The highest BCUT2D eigenvalue weighted by Crippen LogP contribution is 2.30. The number of rotatable bonds is 2. The van der Waals surface area contributed by atoms with Gasteiger partial charge in [0.2, 0.25) is 5.95 Å². The summed E-state index contributed by atoms with van der Waals surface area (Å²) in [6.07, 6.45) is 0. The molecule has 5 heteroatoms. The van der Waals surface area contributed by atoms with Crippen LogP contribution < -0.4 is 5.73 Å². The lowest BCUT2D eigenvalue weighted by molar-refractivity contribution is 0.593. The zero-order valence-electron chi connectivity index (χ0n) is 9.16. The first-order valence-electron chi connectivity index (χ1n) is 4.94. The summed E-state index contributed by atoms with van der Waals surface area (Å²) in [5.74, 6) is 1.04. The molecule has 0 aliphatic rings. The van der Waals surface area contributed by atoms with E-state index >= 15 is 0 Å². The number of aromatic nitrogens is 3. The molecule has 0 atom stereocenters. The van der Waals surface area contributed by atoms with Gasteiger partial charge in [0, 0.05) is 9.89 Å². The summed E-state index contributed by atoms with van der Waals surface area (Å²) >= 11 is 3.46. The van der Waals surface area contributed by atoms with Gasteiger partial charge in [-0.3, -0.25) is 5.10 Å². The van der Waals surface area contributed by atoms with Gasteiger partial charge in [-0.1, -0.05) is 28.1 Å². The molecular weight excluding hydrogens is 268 g/mol. The molecule has 0 saturated carbocycles. The molecule has 0 spiro atoms. The highest BCUT2D eigenvalue weighted by atomic mass is 79.9. The van der Waals surface area contributed by atoms with Gasteiger partial charge in [0.15, 0.2) is 0 Å². The summed E-state index contributed by atoms with van der Waals surface area (Å²) in [5.41, 5.74) is 6.43. The predicted molar refractivity (Wildman–Crippen MR) is 67.1 cm³/mol. The number of nitrogens with one attached hydrogen (secondary N) is 1. The Morgan fingerprint density at radius 3 is 2.69 bits per heavy atom. The van der Waals surface area contributed by atoms with Gasteiger partial charge in [0.1, 0.15) is 5.82 Å². The number of aromatic amines is 1. The van der Waals surface area contributed by atoms with E-state index in [1.165, 1.54) is 0 Å². The molecule has 0 saturated heterocycles. The minimum Gasteiger partial charge on any atom is -0.367 e. The number of nitrogens with two attached hydrogens (primary N) is 1. The summed E-state index contributed by atoms with van der Waals surface area (Å²) in [6, 6.07) is 8.12. The SMILES string of the molecule is CC(C)(c1cccc(Br)c1)c1nc(N)n[nH]1. The molecule has 1 aromatic carbocycles. The Hall–Kier alpha value is -1.36. The Bertz CT molecular complexity index is 504. The first-order valence-corrected chi connectivity index (χ1v) is 5.74. The third kappa shape index (κ3) is 1.95. The Balaban J connectivity index is 2.46. The quantitative estimate of drug-likeness (QED) is 0.888. The van der Waals surface area contributed by atoms with E-state index in [1.807, 2.05) is 12.1 Å². The van der Waals surface area contributed by atoms with Crippen LogP contribution in [-0.2, 0) is 5.41 Å². The molecule has 2 aromatic rings. The lowest BCUT2D eigenvalue weighted by Gasteiger charge is -2.22. The van der Waals surface area contributed by atoms with Crippen molar-refractivity contribution < 1.29 is 0 Å². The molecule has 1 heterocycles. The topological polar surface area (TPSA) is 67.6 Å². The minimum atomic E-state index is -0.242. The van der Waals surface area contributed by atoms with Crippen LogP contribution in [0.15, 0.2) is 28.7 Å². The van der Waals surface area contributed by atoms with E-state index < -0.39 is 0 Å². The van der Waals surface area contributed by atoms with Gasteiger partial charge in [-0.05, 0) is 31.5 Å². The molecule has 3 N–H and O–H groups in total. The van der Waals surface area contributed by atoms with E-state index in [2.05, 4.69) is 57.1 Å². The summed E-state index contributed by atoms with van der Waals surface area (Å²) in [7, 11) is 0. The highest BCUT2D eigenvalue weighted by Gasteiger charge is 2.26. The summed E-state index contributed by atoms with van der Waals surface area (Å²) in [4.78, 5) is 4.18. The molecule has 2 rings (SSSR count). The highest BCUT2D eigenvalue weighted by molar-refractivity contribution is 9.10. The van der Waals surface area contributed by atoms with Crippen molar-refractivity contribution in [3.63, 3.8) is 0 Å². The van der Waals surface area contributed by atoms with Gasteiger partial charge in [0.25, 0.3) is 0 Å². The van der Waals surface area contributed by atoms with E-state index in [0.29, 0.717) is 0 Å². The minimum absolute atomic E-state index is 0.242. The molecule has 0 aliphatic heterocycles. The Kier molecular flexibility index (Phi) is 2.71. The fourth-order valence-corrected chi connectivity index (χ4v) is 1.97. The lowest BCUT2D eigenvalue weighted by atomic mass is 9.84. The maximum Gasteiger partial charge on any atom is 0.239 e. The number of benzene rings is 1. The van der Waals surface area contributed by atoms with Crippen molar-refractivity contribution in [2.45, 2.75) is 19.3 Å². The first-order chi connectivity index (χ1) is 7.50. The third-order valence-electron chi connectivity index (χ3n) is 2.64. The van der Waals surface area contributed by atoms with Crippen LogP contribution in [0.5, 0.6) is 0 Å². The standard InChI is InChI=1S/C11H13BrN4/c1-11(2,9-14-10(13)16-15-9)7-4-3-5-8(12)6-7/h3-6H,1-2H3,(H3,13,14,15,16). The van der Waals surface area contributed by atoms with Crippen LogP contribution in [0.25, 0.3) is 0 Å². The normalized spacial score (nSPS) is 11.7. The van der Waals surface area contributed by atoms with Crippen LogP contribution in [0, 0.1) is 0 Å². The van der Waals surface area contributed by atoms with Gasteiger partial charge in [-0.25, -0.2) is 0 Å². The number of halogens is 1. The molecule has 0 fully saturated rings. The summed E-state index contributed by atoms with van der Waals surface area (Å²) in [5, 5.41) is 6.72. The zero-order chi connectivity index (χ0) is 11.8. The third-order valence-corrected chi connectivity index (χ3v) is 3.13. The molecule has 0 bridgehead atoms. The van der Waals surface area contributed by atoms with Gasteiger partial charge < -0.3 is 5.73 Å². The van der Waals surface area contributed by atoms with Crippen LogP contribution in [0.2, 0.25) is 0 Å². The maximum absolute atomic E-state index is 5.52. The van der Waals surface area contributed by atoms with Crippen LogP contribution in [0.4, 0.5) is 5.95 Å². The fraction of sp³-hybridized carbons (Fsp3) is 0.273. The van der Waals surface area contributed by atoms with Crippen molar-refractivity contribution in [2.75, 3.05) is 5.73 Å². The monoisotopic (exact) mass is 280 g/mol. The van der Waals surface area contributed by atoms with Gasteiger partial charge >= 0.3 is 0 Å². The Labute approximate surface area is 102 Å². The van der Waals surface area contributed by atoms with Crippen molar-refractivity contribution in [1.82, 2.24) is 15.2 Å². The second-order valence-corrected chi connectivity index (χ2v) is 5.09. The first kappa shape index (κ1) is 11.1. The smallest absolute Gasteiger partial charge is 0.239 e. The van der Waals surface area contributed by atoms with Crippen LogP contribution >= 0.6 is 15.9 Å². The summed E-state index contributed by atoms with van der Waals surface area (Å²) in [6.45, 7) is 4.16. The molecule has 16 heavy (non-hydrogen) atoms. The summed E-state index contributed by atoms with van der Waals surface area (Å²) < 4.78 is 1.05. The zero-order valence-corrected chi connectivity index (χ0v) is 10.7. The van der Waals surface area contributed by atoms with E-state index in [4.69, 9.17) is 5.73 Å². The van der Waals surface area contributed by atoms with Crippen molar-refractivity contribution in [3.8, 4) is 0 Å². The molecule has 1 aromatic heterocycles. The van der Waals surface area contributed by atoms with Crippen molar-refractivity contribution in [3.05, 3.63) is 40.1 Å². The predicted octanol–water partition coefficient (Wildman–Crippen LogP) is 2.48. The van der Waals surface area contributed by atoms with Gasteiger partial charge in [0.05, 0.1) is 0 Å². The second kappa shape index (κ2) is 3.90. The Morgan fingerprint density at radius 1 is 1.38 bits per heavy atom. The Morgan fingerprint density at radius 2 is 2.12 bits per heavy atom. The number of H-pyrrole nitrogens is 1. The number of hydrogen-bond acceptors (Lipinski definition) is 3. The molecule has 0 radical (unpaired) electrons. The molecule has 4 nitrogen and oxygen atoms in total. The molecule has 84 valence electrons. The van der Waals surface area contributed by atoms with E-state index in [9.17, 15) is 0 Å². The van der Waals surface area contributed by atoms with Crippen molar-refractivity contribution in [2.24, 2.45) is 0 Å². The number of nitrogens with zero attached hydrogens (tertiary/aromatic N) is 2. The van der Waals surface area contributed by atoms with Crippen LogP contribution in [-0.4, -0.2) is 15.2 Å². The molecule has 0 unspecified atom stereocenters. The van der Waals surface area contributed by atoms with Gasteiger partial charge in [-0.15, -0.1) is 5.10 Å². The molecular formula is C11H13BrN4. The lowest BCUT2D eigenvalue weighted by Crippen LogP contribution is -2.20. The molecule has 0 aliphatic carbocycles. The van der Waals surface area contributed by atoms with E-state index in [-0.39, 0.29) is 11.4 Å². The average molecular weight is 281 g/mol.